The molecule has 1 aromatic carbocycles. The molecule has 188 valence electrons. The van der Waals surface area contributed by atoms with Crippen LogP contribution in [0.25, 0.3) is 27.7 Å². The van der Waals surface area contributed by atoms with E-state index in [0.717, 1.165) is 63.9 Å². The number of nitrogens with zero attached hydrogens (tertiary/aromatic N) is 7. The van der Waals surface area contributed by atoms with E-state index in [1.54, 1.807) is 35.0 Å². The number of fused-ring (bicyclic) bond motifs is 2. The van der Waals surface area contributed by atoms with E-state index >= 15 is 0 Å². The number of para-hydroxylation sites is 1. The summed E-state index contributed by atoms with van der Waals surface area (Å²) >= 11 is 0. The van der Waals surface area contributed by atoms with Crippen molar-refractivity contribution in [1.82, 2.24) is 29.4 Å². The smallest absolute Gasteiger partial charge is 0.369 e. The van der Waals surface area contributed by atoms with Gasteiger partial charge in [-0.25, -0.2) is 14.5 Å². The highest BCUT2D eigenvalue weighted by atomic mass is 19.4. The minimum atomic E-state index is -4.54. The number of benzene rings is 1. The molecule has 4 aromatic rings. The zero-order chi connectivity index (χ0) is 24.9. The lowest BCUT2D eigenvalue weighted by atomic mass is 10.0. The van der Waals surface area contributed by atoms with Crippen LogP contribution in [0.4, 0.5) is 18.9 Å². The van der Waals surface area contributed by atoms with Gasteiger partial charge in [-0.05, 0) is 37.6 Å². The van der Waals surface area contributed by atoms with Crippen molar-refractivity contribution < 1.29 is 13.2 Å². The van der Waals surface area contributed by atoms with E-state index in [1.165, 1.54) is 0 Å². The second-order valence-corrected chi connectivity index (χ2v) is 9.77. The molecule has 0 radical (unpaired) electrons. The van der Waals surface area contributed by atoms with Gasteiger partial charge in [-0.2, -0.15) is 18.3 Å². The second-order valence-electron chi connectivity index (χ2n) is 9.77. The summed E-state index contributed by atoms with van der Waals surface area (Å²) in [6, 6.07) is 8.57. The van der Waals surface area contributed by atoms with Gasteiger partial charge in [-0.15, -0.1) is 0 Å². The Morgan fingerprint density at radius 3 is 2.42 bits per heavy atom. The molecule has 0 N–H and O–H groups in total. The Kier molecular flexibility index (Phi) is 5.80. The van der Waals surface area contributed by atoms with Gasteiger partial charge in [0.25, 0.3) is 0 Å². The number of aromatic nitrogens is 4. The Morgan fingerprint density at radius 1 is 0.917 bits per heavy atom. The van der Waals surface area contributed by atoms with E-state index < -0.39 is 11.9 Å². The lowest BCUT2D eigenvalue weighted by molar-refractivity contribution is -0.140. The number of halogens is 3. The number of alkyl halides is 3. The van der Waals surface area contributed by atoms with Crippen LogP contribution in [0.15, 0.2) is 48.9 Å². The molecule has 2 saturated heterocycles. The second kappa shape index (κ2) is 9.01. The number of pyridine rings is 1. The van der Waals surface area contributed by atoms with Crippen LogP contribution in [0, 0.1) is 0 Å². The zero-order valence-corrected chi connectivity index (χ0v) is 20.1. The first-order chi connectivity index (χ1) is 17.4. The van der Waals surface area contributed by atoms with Crippen LogP contribution in [-0.4, -0.2) is 81.7 Å². The van der Waals surface area contributed by atoms with Gasteiger partial charge in [0.15, 0.2) is 5.65 Å². The van der Waals surface area contributed by atoms with Crippen LogP contribution in [-0.2, 0) is 6.18 Å². The van der Waals surface area contributed by atoms with Crippen molar-refractivity contribution in [1.29, 1.82) is 0 Å². The molecule has 2 aliphatic heterocycles. The van der Waals surface area contributed by atoms with Crippen LogP contribution in [0.2, 0.25) is 0 Å². The molecule has 0 atom stereocenters. The number of anilines is 1. The number of hydrogen-bond acceptors (Lipinski definition) is 6. The van der Waals surface area contributed by atoms with Crippen molar-refractivity contribution in [3.63, 3.8) is 0 Å². The third-order valence-electron chi connectivity index (χ3n) is 7.52. The molecule has 0 unspecified atom stereocenters. The van der Waals surface area contributed by atoms with Gasteiger partial charge in [0.2, 0.25) is 0 Å². The van der Waals surface area contributed by atoms with Gasteiger partial charge in [0, 0.05) is 56.3 Å². The van der Waals surface area contributed by atoms with Crippen LogP contribution in [0.1, 0.15) is 18.5 Å². The molecule has 10 heteroatoms. The van der Waals surface area contributed by atoms with Crippen molar-refractivity contribution in [2.24, 2.45) is 0 Å². The molecule has 0 saturated carbocycles. The molecule has 6 rings (SSSR count). The summed E-state index contributed by atoms with van der Waals surface area (Å²) in [7, 11) is 2.18. The molecule has 0 spiro atoms. The average molecular weight is 496 g/mol. The number of hydrogen-bond donors (Lipinski definition) is 0. The van der Waals surface area contributed by atoms with Gasteiger partial charge in [-0.1, -0.05) is 18.2 Å². The number of rotatable bonds is 3. The van der Waals surface area contributed by atoms with Crippen molar-refractivity contribution in [3.05, 3.63) is 54.6 Å². The standard InChI is InChI=1S/C26H28F3N7/c1-33-10-12-35(13-11-33)18-6-8-34(9-7-18)19-15-30-25-22(16-31-36(25)17-19)21-14-24(26(27,28)29)32-23-5-3-2-4-20(21)23/h2-5,14-18H,6-13H2,1H3. The Balaban J connectivity index is 1.27. The largest absolute Gasteiger partial charge is 0.433 e. The maximum Gasteiger partial charge on any atom is 0.433 e. The molecule has 2 aliphatic rings. The van der Waals surface area contributed by atoms with Gasteiger partial charge in [0.05, 0.1) is 29.8 Å². The van der Waals surface area contributed by atoms with Gasteiger partial charge < -0.3 is 9.80 Å². The van der Waals surface area contributed by atoms with Gasteiger partial charge in [0.1, 0.15) is 5.69 Å². The molecule has 0 aliphatic carbocycles. The highest BCUT2D eigenvalue weighted by Crippen LogP contribution is 2.36. The average Bonchev–Trinajstić information content (AvgIpc) is 3.31. The summed E-state index contributed by atoms with van der Waals surface area (Å²) in [6.07, 6.45) is 3.00. The first kappa shape index (κ1) is 23.2. The van der Waals surface area contributed by atoms with Crippen LogP contribution < -0.4 is 4.90 Å². The van der Waals surface area contributed by atoms with E-state index in [9.17, 15) is 13.2 Å². The van der Waals surface area contributed by atoms with E-state index in [-0.39, 0.29) is 0 Å². The number of piperidine rings is 1. The Hall–Kier alpha value is -3.24. The SMILES string of the molecule is CN1CCN(C2CCN(c3cnc4c(-c5cc(C(F)(F)F)nc6ccccc56)cnn4c3)CC2)CC1. The summed E-state index contributed by atoms with van der Waals surface area (Å²) in [5, 5.41) is 5.09. The number of likely N-dealkylation sites (N-methyl/N-ethyl adjacent to an activating group) is 1. The van der Waals surface area contributed by atoms with Crippen molar-refractivity contribution >= 4 is 22.2 Å². The van der Waals surface area contributed by atoms with Crippen molar-refractivity contribution in [2.45, 2.75) is 25.1 Å². The fourth-order valence-corrected chi connectivity index (χ4v) is 5.44. The predicted octanol–water partition coefficient (Wildman–Crippen LogP) is 4.18. The summed E-state index contributed by atoms with van der Waals surface area (Å²) < 4.78 is 42.4. The van der Waals surface area contributed by atoms with Gasteiger partial charge >= 0.3 is 6.18 Å². The Morgan fingerprint density at radius 2 is 1.67 bits per heavy atom. The monoisotopic (exact) mass is 495 g/mol. The predicted molar refractivity (Wildman–Crippen MR) is 133 cm³/mol. The zero-order valence-electron chi connectivity index (χ0n) is 20.1. The molecule has 36 heavy (non-hydrogen) atoms. The molecule has 7 nitrogen and oxygen atoms in total. The fraction of sp³-hybridized carbons (Fsp3) is 0.423. The Labute approximate surface area is 207 Å². The first-order valence-electron chi connectivity index (χ1n) is 12.3. The molecular formula is C26H28F3N7. The Bertz CT molecular complexity index is 1380. The summed E-state index contributed by atoms with van der Waals surface area (Å²) in [6.45, 7) is 6.40. The summed E-state index contributed by atoms with van der Waals surface area (Å²) in [4.78, 5) is 15.8. The summed E-state index contributed by atoms with van der Waals surface area (Å²) in [5.41, 5.74) is 1.85. The summed E-state index contributed by atoms with van der Waals surface area (Å²) in [5.74, 6) is 0. The third kappa shape index (κ3) is 4.28. The minimum absolute atomic E-state index is 0.293. The maximum absolute atomic E-state index is 13.6. The molecule has 5 heterocycles. The quantitative estimate of drug-likeness (QED) is 0.425. The molecule has 3 aromatic heterocycles. The van der Waals surface area contributed by atoms with E-state index in [2.05, 4.69) is 36.8 Å². The van der Waals surface area contributed by atoms with Crippen LogP contribution >= 0.6 is 0 Å². The van der Waals surface area contributed by atoms with Gasteiger partial charge in [-0.3, -0.25) is 4.90 Å². The highest BCUT2D eigenvalue weighted by Gasteiger charge is 2.34. The molecule has 2 fully saturated rings. The van der Waals surface area contributed by atoms with E-state index in [0.29, 0.717) is 33.7 Å². The lowest BCUT2D eigenvalue weighted by Gasteiger charge is -2.42. The molecule has 0 bridgehead atoms. The van der Waals surface area contributed by atoms with Crippen LogP contribution in [0.3, 0.4) is 0 Å². The van der Waals surface area contributed by atoms with E-state index in [4.69, 9.17) is 0 Å². The van der Waals surface area contributed by atoms with Crippen molar-refractivity contribution in [3.8, 4) is 11.1 Å². The third-order valence-corrected chi connectivity index (χ3v) is 7.52. The fourth-order valence-electron chi connectivity index (χ4n) is 5.44. The van der Waals surface area contributed by atoms with Crippen LogP contribution in [0.5, 0.6) is 0 Å². The minimum Gasteiger partial charge on any atom is -0.369 e. The highest BCUT2D eigenvalue weighted by molar-refractivity contribution is 5.98. The molecular weight excluding hydrogens is 467 g/mol. The van der Waals surface area contributed by atoms with E-state index in [1.807, 2.05) is 12.4 Å². The normalized spacial score (nSPS) is 18.9. The van der Waals surface area contributed by atoms with Crippen molar-refractivity contribution in [2.75, 3.05) is 51.2 Å². The topological polar surface area (TPSA) is 52.8 Å². The maximum atomic E-state index is 13.6. The first-order valence-corrected chi connectivity index (χ1v) is 12.3. The lowest BCUT2D eigenvalue weighted by Crippen LogP contribution is -2.52. The number of piperazine rings is 1. The molecule has 0 amide bonds.